The van der Waals surface area contributed by atoms with E-state index in [1.54, 1.807) is 0 Å². The molecule has 2 rings (SSSR count). The molecule has 0 aliphatic carbocycles. The largest absolute Gasteiger partial charge is 0.365 e. The summed E-state index contributed by atoms with van der Waals surface area (Å²) in [4.78, 5) is 11.5. The third-order valence-corrected chi connectivity index (χ3v) is 3.26. The zero-order chi connectivity index (χ0) is 13.9. The summed E-state index contributed by atoms with van der Waals surface area (Å²) < 4.78 is 0. The van der Waals surface area contributed by atoms with Crippen molar-refractivity contribution in [2.45, 2.75) is 58.9 Å². The van der Waals surface area contributed by atoms with Gasteiger partial charge in [0, 0.05) is 24.7 Å². The minimum atomic E-state index is 0.0247. The van der Waals surface area contributed by atoms with Crippen molar-refractivity contribution in [3.63, 3.8) is 0 Å². The molecular weight excluding hydrogens is 236 g/mol. The molecule has 1 fully saturated rings. The Bertz CT molecular complexity index is 415. The Kier molecular flexibility index (Phi) is 4.27. The van der Waals surface area contributed by atoms with Gasteiger partial charge in [-0.25, -0.2) is 9.97 Å². The number of anilines is 2. The van der Waals surface area contributed by atoms with E-state index in [4.69, 9.17) is 0 Å². The highest BCUT2D eigenvalue weighted by Gasteiger charge is 2.15. The lowest BCUT2D eigenvalue weighted by Gasteiger charge is -2.25. The van der Waals surface area contributed by atoms with E-state index in [1.807, 2.05) is 6.92 Å². The van der Waals surface area contributed by atoms with Gasteiger partial charge in [-0.15, -0.1) is 0 Å². The van der Waals surface area contributed by atoms with Crippen LogP contribution in [0.4, 0.5) is 11.6 Å². The standard InChI is InChI=1S/C15H26N4/c1-12-16-13(18-15(2,3)4)11-14(17-12)19-9-7-5-6-8-10-19/h11H,5-10H2,1-4H3,(H,16,17,18). The number of nitrogens with one attached hydrogen (secondary N) is 1. The van der Waals surface area contributed by atoms with Crippen LogP contribution in [0.25, 0.3) is 0 Å². The molecule has 1 N–H and O–H groups in total. The molecule has 0 aromatic carbocycles. The van der Waals surface area contributed by atoms with E-state index in [-0.39, 0.29) is 5.54 Å². The fourth-order valence-corrected chi connectivity index (χ4v) is 2.46. The Balaban J connectivity index is 2.20. The molecule has 0 radical (unpaired) electrons. The highest BCUT2D eigenvalue weighted by molar-refractivity contribution is 5.50. The van der Waals surface area contributed by atoms with Crippen LogP contribution in [0, 0.1) is 6.92 Å². The molecule has 1 aliphatic heterocycles. The number of hydrogen-bond acceptors (Lipinski definition) is 4. The molecule has 0 unspecified atom stereocenters. The predicted octanol–water partition coefficient (Wildman–Crippen LogP) is 3.38. The van der Waals surface area contributed by atoms with E-state index >= 15 is 0 Å². The number of aromatic nitrogens is 2. The summed E-state index contributed by atoms with van der Waals surface area (Å²) in [7, 11) is 0. The molecule has 19 heavy (non-hydrogen) atoms. The number of hydrogen-bond donors (Lipinski definition) is 1. The summed E-state index contributed by atoms with van der Waals surface area (Å²) in [6.07, 6.45) is 5.22. The molecule has 0 atom stereocenters. The van der Waals surface area contributed by atoms with Crippen LogP contribution in [0.2, 0.25) is 0 Å². The van der Waals surface area contributed by atoms with Crippen LogP contribution < -0.4 is 10.2 Å². The normalized spacial score (nSPS) is 17.2. The lowest BCUT2D eigenvalue weighted by atomic mass is 10.1. The second kappa shape index (κ2) is 5.76. The lowest BCUT2D eigenvalue weighted by molar-refractivity contribution is 0.629. The van der Waals surface area contributed by atoms with Crippen LogP contribution in [-0.2, 0) is 0 Å². The van der Waals surface area contributed by atoms with E-state index in [0.29, 0.717) is 0 Å². The van der Waals surface area contributed by atoms with Gasteiger partial charge in [0.15, 0.2) is 0 Å². The Morgan fingerprint density at radius 2 is 1.68 bits per heavy atom. The van der Waals surface area contributed by atoms with Crippen molar-refractivity contribution in [3.05, 3.63) is 11.9 Å². The average molecular weight is 262 g/mol. The van der Waals surface area contributed by atoms with E-state index < -0.39 is 0 Å². The molecule has 0 saturated carbocycles. The summed E-state index contributed by atoms with van der Waals surface area (Å²) >= 11 is 0. The van der Waals surface area contributed by atoms with Crippen molar-refractivity contribution in [3.8, 4) is 0 Å². The SMILES string of the molecule is Cc1nc(NC(C)(C)C)cc(N2CCCCCC2)n1. The van der Waals surface area contributed by atoms with E-state index in [9.17, 15) is 0 Å². The maximum atomic E-state index is 4.60. The van der Waals surface area contributed by atoms with Crippen molar-refractivity contribution in [2.75, 3.05) is 23.3 Å². The summed E-state index contributed by atoms with van der Waals surface area (Å²) in [6.45, 7) is 10.6. The highest BCUT2D eigenvalue weighted by atomic mass is 15.2. The first-order valence-corrected chi connectivity index (χ1v) is 7.33. The van der Waals surface area contributed by atoms with Crippen LogP contribution in [0.5, 0.6) is 0 Å². The molecule has 0 amide bonds. The summed E-state index contributed by atoms with van der Waals surface area (Å²) in [5.74, 6) is 2.84. The smallest absolute Gasteiger partial charge is 0.134 e. The van der Waals surface area contributed by atoms with E-state index in [0.717, 1.165) is 30.5 Å². The molecule has 0 spiro atoms. The van der Waals surface area contributed by atoms with Crippen LogP contribution in [-0.4, -0.2) is 28.6 Å². The molecule has 1 aromatic heterocycles. The second-order valence-corrected chi connectivity index (χ2v) is 6.43. The Morgan fingerprint density at radius 3 is 2.26 bits per heavy atom. The fraction of sp³-hybridized carbons (Fsp3) is 0.733. The molecule has 1 saturated heterocycles. The number of aryl methyl sites for hydroxylation is 1. The predicted molar refractivity (Wildman–Crippen MR) is 80.8 cm³/mol. The summed E-state index contributed by atoms with van der Waals surface area (Å²) in [5, 5.41) is 3.44. The quantitative estimate of drug-likeness (QED) is 0.887. The van der Waals surface area contributed by atoms with Crippen molar-refractivity contribution >= 4 is 11.6 Å². The molecule has 4 heteroatoms. The fourth-order valence-electron chi connectivity index (χ4n) is 2.46. The van der Waals surface area contributed by atoms with Gasteiger partial charge in [0.25, 0.3) is 0 Å². The minimum absolute atomic E-state index is 0.0247. The summed E-state index contributed by atoms with van der Waals surface area (Å²) in [6, 6.07) is 2.09. The van der Waals surface area contributed by atoms with Crippen molar-refractivity contribution in [1.29, 1.82) is 0 Å². The van der Waals surface area contributed by atoms with Gasteiger partial charge in [-0.2, -0.15) is 0 Å². The van der Waals surface area contributed by atoms with Gasteiger partial charge in [0.2, 0.25) is 0 Å². The van der Waals surface area contributed by atoms with Crippen molar-refractivity contribution in [2.24, 2.45) is 0 Å². The van der Waals surface area contributed by atoms with Gasteiger partial charge in [0.1, 0.15) is 17.5 Å². The second-order valence-electron chi connectivity index (χ2n) is 6.43. The minimum Gasteiger partial charge on any atom is -0.365 e. The molecule has 2 heterocycles. The van der Waals surface area contributed by atoms with Crippen LogP contribution in [0.15, 0.2) is 6.07 Å². The van der Waals surface area contributed by atoms with Crippen molar-refractivity contribution < 1.29 is 0 Å². The van der Waals surface area contributed by atoms with E-state index in [1.165, 1.54) is 25.7 Å². The molecule has 0 bridgehead atoms. The molecule has 1 aliphatic rings. The summed E-state index contributed by atoms with van der Waals surface area (Å²) in [5.41, 5.74) is 0.0247. The third-order valence-electron chi connectivity index (χ3n) is 3.26. The van der Waals surface area contributed by atoms with Crippen molar-refractivity contribution in [1.82, 2.24) is 9.97 Å². The third kappa shape index (κ3) is 4.37. The number of rotatable bonds is 2. The first-order chi connectivity index (χ1) is 8.94. The molecule has 106 valence electrons. The Hall–Kier alpha value is -1.32. The van der Waals surface area contributed by atoms with Crippen LogP contribution in [0.1, 0.15) is 52.3 Å². The average Bonchev–Trinajstić information content (AvgIpc) is 2.53. The van der Waals surface area contributed by atoms with Crippen LogP contribution >= 0.6 is 0 Å². The topological polar surface area (TPSA) is 41.1 Å². The van der Waals surface area contributed by atoms with Gasteiger partial charge >= 0.3 is 0 Å². The van der Waals surface area contributed by atoms with Gasteiger partial charge in [0.05, 0.1) is 0 Å². The molecular formula is C15H26N4. The molecule has 1 aromatic rings. The zero-order valence-electron chi connectivity index (χ0n) is 12.7. The lowest BCUT2D eigenvalue weighted by Crippen LogP contribution is -2.28. The maximum absolute atomic E-state index is 4.60. The monoisotopic (exact) mass is 262 g/mol. The van der Waals surface area contributed by atoms with Gasteiger partial charge in [-0.3, -0.25) is 0 Å². The number of nitrogens with zero attached hydrogens (tertiary/aromatic N) is 3. The molecule has 4 nitrogen and oxygen atoms in total. The Labute approximate surface area is 116 Å². The first-order valence-electron chi connectivity index (χ1n) is 7.33. The first kappa shape index (κ1) is 14.1. The highest BCUT2D eigenvalue weighted by Crippen LogP contribution is 2.21. The van der Waals surface area contributed by atoms with Crippen LogP contribution in [0.3, 0.4) is 0 Å². The van der Waals surface area contributed by atoms with Gasteiger partial charge in [-0.05, 0) is 40.5 Å². The van der Waals surface area contributed by atoms with Gasteiger partial charge in [-0.1, -0.05) is 12.8 Å². The zero-order valence-corrected chi connectivity index (χ0v) is 12.7. The maximum Gasteiger partial charge on any atom is 0.134 e. The van der Waals surface area contributed by atoms with E-state index in [2.05, 4.69) is 47.0 Å². The van der Waals surface area contributed by atoms with Gasteiger partial charge < -0.3 is 10.2 Å². The Morgan fingerprint density at radius 1 is 1.05 bits per heavy atom.